The molecule has 1 aliphatic rings. The highest BCUT2D eigenvalue weighted by molar-refractivity contribution is 7.89. The Balaban J connectivity index is 1.81. The van der Waals surface area contributed by atoms with Gasteiger partial charge in [-0.1, -0.05) is 6.92 Å². The number of pyridine rings is 1. The van der Waals surface area contributed by atoms with E-state index in [0.29, 0.717) is 25.6 Å². The van der Waals surface area contributed by atoms with Crippen LogP contribution in [0.3, 0.4) is 0 Å². The molecule has 0 spiro atoms. The Morgan fingerprint density at radius 1 is 1.38 bits per heavy atom. The van der Waals surface area contributed by atoms with Gasteiger partial charge in [-0.2, -0.15) is 0 Å². The van der Waals surface area contributed by atoms with Crippen molar-refractivity contribution in [1.29, 1.82) is 0 Å². The summed E-state index contributed by atoms with van der Waals surface area (Å²) in [5.41, 5.74) is 2.44. The molecule has 0 bridgehead atoms. The Morgan fingerprint density at radius 2 is 2.10 bits per heavy atom. The Kier molecular flexibility index (Phi) is 5.72. The summed E-state index contributed by atoms with van der Waals surface area (Å²) < 4.78 is 25.7. The lowest BCUT2D eigenvalue weighted by atomic mass is 10.1. The highest BCUT2D eigenvalue weighted by atomic mass is 32.2. The molecular weight excluding hydrogens is 286 g/mol. The number of piperidine rings is 1. The van der Waals surface area contributed by atoms with Gasteiger partial charge in [0.2, 0.25) is 10.0 Å². The molecule has 0 unspecified atom stereocenters. The normalized spacial score (nSPS) is 18.0. The smallest absolute Gasteiger partial charge is 0.214 e. The monoisotopic (exact) mass is 311 g/mol. The van der Waals surface area contributed by atoms with Crippen molar-refractivity contribution in [3.63, 3.8) is 0 Å². The van der Waals surface area contributed by atoms with Gasteiger partial charge in [0.05, 0.1) is 5.75 Å². The van der Waals surface area contributed by atoms with Crippen LogP contribution in [-0.4, -0.2) is 42.6 Å². The molecule has 0 aromatic carbocycles. The van der Waals surface area contributed by atoms with E-state index in [4.69, 9.17) is 0 Å². The molecule has 0 aliphatic carbocycles. The lowest BCUT2D eigenvalue weighted by molar-refractivity contribution is 0.288. The summed E-state index contributed by atoms with van der Waals surface area (Å²) in [5, 5.41) is 3.52. The molecule has 0 saturated carbocycles. The van der Waals surface area contributed by atoms with E-state index in [2.05, 4.69) is 17.2 Å². The molecule has 1 N–H and O–H groups in total. The van der Waals surface area contributed by atoms with E-state index >= 15 is 0 Å². The summed E-state index contributed by atoms with van der Waals surface area (Å²) in [5.74, 6) is 0.264. The predicted molar refractivity (Wildman–Crippen MR) is 84.5 cm³/mol. The van der Waals surface area contributed by atoms with Gasteiger partial charge in [0.25, 0.3) is 0 Å². The maximum Gasteiger partial charge on any atom is 0.214 e. The lowest BCUT2D eigenvalue weighted by Crippen LogP contribution is -2.45. The van der Waals surface area contributed by atoms with Crippen LogP contribution in [0, 0.1) is 6.92 Å². The largest absolute Gasteiger partial charge is 0.310 e. The van der Waals surface area contributed by atoms with Gasteiger partial charge in [0.1, 0.15) is 0 Å². The predicted octanol–water partition coefficient (Wildman–Crippen LogP) is 1.68. The molecule has 1 aliphatic heterocycles. The van der Waals surface area contributed by atoms with Crippen molar-refractivity contribution in [2.45, 2.75) is 45.7 Å². The van der Waals surface area contributed by atoms with Gasteiger partial charge < -0.3 is 5.32 Å². The minimum absolute atomic E-state index is 0.264. The van der Waals surface area contributed by atoms with Gasteiger partial charge in [-0.05, 0) is 43.4 Å². The van der Waals surface area contributed by atoms with Gasteiger partial charge in [-0.25, -0.2) is 12.7 Å². The molecule has 0 atom stereocenters. The second-order valence-corrected chi connectivity index (χ2v) is 7.76. The Morgan fingerprint density at radius 3 is 2.71 bits per heavy atom. The first-order valence-corrected chi connectivity index (χ1v) is 9.24. The zero-order valence-corrected chi connectivity index (χ0v) is 13.7. The van der Waals surface area contributed by atoms with E-state index < -0.39 is 10.0 Å². The third kappa shape index (κ3) is 4.49. The van der Waals surface area contributed by atoms with Gasteiger partial charge in [0.15, 0.2) is 0 Å². The Bertz CT molecular complexity index is 552. The number of nitrogens with one attached hydrogen (secondary N) is 1. The van der Waals surface area contributed by atoms with Gasteiger partial charge >= 0.3 is 0 Å². The Labute approximate surface area is 127 Å². The standard InChI is InChI=1S/C15H25N3O2S/c1-3-10-21(19,20)18-8-5-15(6-9-18)17-12-14-11-16-7-4-13(14)2/h4,7,11,15,17H,3,5-6,8-10,12H2,1-2H3. The number of nitrogens with zero attached hydrogens (tertiary/aromatic N) is 2. The number of aryl methyl sites for hydroxylation is 1. The number of aromatic nitrogens is 1. The van der Waals surface area contributed by atoms with Crippen molar-refractivity contribution in [2.75, 3.05) is 18.8 Å². The van der Waals surface area contributed by atoms with Crippen LogP contribution < -0.4 is 5.32 Å². The topological polar surface area (TPSA) is 62.3 Å². The van der Waals surface area contributed by atoms with E-state index in [1.165, 1.54) is 11.1 Å². The molecule has 1 saturated heterocycles. The molecule has 2 heterocycles. The SMILES string of the molecule is CCCS(=O)(=O)N1CCC(NCc2cnccc2C)CC1. The van der Waals surface area contributed by atoms with Crippen molar-refractivity contribution in [2.24, 2.45) is 0 Å². The van der Waals surface area contributed by atoms with Gasteiger partial charge in [0, 0.05) is 38.1 Å². The van der Waals surface area contributed by atoms with Crippen molar-refractivity contribution in [1.82, 2.24) is 14.6 Å². The minimum atomic E-state index is -3.04. The van der Waals surface area contributed by atoms with Crippen LogP contribution in [0.1, 0.15) is 37.3 Å². The lowest BCUT2D eigenvalue weighted by Gasteiger charge is -2.31. The van der Waals surface area contributed by atoms with Crippen molar-refractivity contribution >= 4 is 10.0 Å². The van der Waals surface area contributed by atoms with E-state index in [0.717, 1.165) is 19.4 Å². The molecule has 6 heteroatoms. The first kappa shape index (κ1) is 16.4. The summed E-state index contributed by atoms with van der Waals surface area (Å²) in [6.45, 7) is 6.05. The van der Waals surface area contributed by atoms with Crippen LogP contribution >= 0.6 is 0 Å². The summed E-state index contributed by atoms with van der Waals surface area (Å²) in [4.78, 5) is 4.15. The summed E-state index contributed by atoms with van der Waals surface area (Å²) in [6.07, 6.45) is 6.13. The Hall–Kier alpha value is -0.980. The summed E-state index contributed by atoms with van der Waals surface area (Å²) in [6, 6.07) is 2.40. The fourth-order valence-corrected chi connectivity index (χ4v) is 4.20. The van der Waals surface area contributed by atoms with E-state index in [-0.39, 0.29) is 5.75 Å². The average molecular weight is 311 g/mol. The maximum absolute atomic E-state index is 12.0. The van der Waals surface area contributed by atoms with Crippen LogP contribution in [0.5, 0.6) is 0 Å². The summed E-state index contributed by atoms with van der Waals surface area (Å²) >= 11 is 0. The van der Waals surface area contributed by atoms with Crippen molar-refractivity contribution in [3.05, 3.63) is 29.6 Å². The molecule has 118 valence electrons. The second-order valence-electron chi connectivity index (χ2n) is 5.67. The van der Waals surface area contributed by atoms with Crippen LogP contribution in [0.2, 0.25) is 0 Å². The summed E-state index contributed by atoms with van der Waals surface area (Å²) in [7, 11) is -3.04. The highest BCUT2D eigenvalue weighted by Gasteiger charge is 2.26. The van der Waals surface area contributed by atoms with E-state index in [1.54, 1.807) is 10.5 Å². The molecule has 1 fully saturated rings. The maximum atomic E-state index is 12.0. The first-order valence-electron chi connectivity index (χ1n) is 7.63. The van der Waals surface area contributed by atoms with E-state index in [1.807, 2.05) is 19.2 Å². The van der Waals surface area contributed by atoms with Crippen molar-refractivity contribution in [3.8, 4) is 0 Å². The number of rotatable bonds is 6. The fourth-order valence-electron chi connectivity index (χ4n) is 2.66. The van der Waals surface area contributed by atoms with E-state index in [9.17, 15) is 8.42 Å². The molecule has 21 heavy (non-hydrogen) atoms. The minimum Gasteiger partial charge on any atom is -0.310 e. The van der Waals surface area contributed by atoms with Crippen molar-refractivity contribution < 1.29 is 8.42 Å². The van der Waals surface area contributed by atoms with Crippen LogP contribution in [0.4, 0.5) is 0 Å². The zero-order chi connectivity index (χ0) is 15.3. The number of sulfonamides is 1. The molecule has 1 aromatic heterocycles. The van der Waals surface area contributed by atoms with Gasteiger partial charge in [-0.15, -0.1) is 0 Å². The molecule has 2 rings (SSSR count). The van der Waals surface area contributed by atoms with Crippen LogP contribution in [-0.2, 0) is 16.6 Å². The molecule has 5 nitrogen and oxygen atoms in total. The first-order chi connectivity index (χ1) is 10.0. The second kappa shape index (κ2) is 7.33. The van der Waals surface area contributed by atoms with Gasteiger partial charge in [-0.3, -0.25) is 4.98 Å². The molecule has 0 amide bonds. The average Bonchev–Trinajstić information content (AvgIpc) is 2.47. The molecule has 0 radical (unpaired) electrons. The number of hydrogen-bond donors (Lipinski definition) is 1. The quantitative estimate of drug-likeness (QED) is 0.868. The third-order valence-electron chi connectivity index (χ3n) is 4.04. The fraction of sp³-hybridized carbons (Fsp3) is 0.667. The molecular formula is C15H25N3O2S. The zero-order valence-electron chi connectivity index (χ0n) is 12.9. The van der Waals surface area contributed by atoms with Crippen LogP contribution in [0.25, 0.3) is 0 Å². The molecule has 1 aromatic rings. The highest BCUT2D eigenvalue weighted by Crippen LogP contribution is 2.16. The third-order valence-corrected chi connectivity index (χ3v) is 6.11. The van der Waals surface area contributed by atoms with Crippen LogP contribution in [0.15, 0.2) is 18.5 Å². The number of hydrogen-bond acceptors (Lipinski definition) is 4.